The molecule has 0 radical (unpaired) electrons. The second-order valence-electron chi connectivity index (χ2n) is 5.84. The Kier molecular flexibility index (Phi) is 3.24. The average molecular weight is 248 g/mol. The number of amides is 1. The third-order valence-corrected chi connectivity index (χ3v) is 2.82. The second-order valence-corrected chi connectivity index (χ2v) is 5.84. The van der Waals surface area contributed by atoms with Crippen molar-refractivity contribution in [1.82, 2.24) is 15.3 Å². The van der Waals surface area contributed by atoms with Crippen LogP contribution in [0.15, 0.2) is 12.3 Å². The van der Waals surface area contributed by atoms with Gasteiger partial charge < -0.3 is 10.2 Å². The predicted octanol–water partition coefficient (Wildman–Crippen LogP) is 1.14. The van der Waals surface area contributed by atoms with E-state index in [1.807, 2.05) is 38.7 Å². The van der Waals surface area contributed by atoms with Crippen LogP contribution in [0.5, 0.6) is 0 Å². The Bertz CT molecular complexity index is 447. The number of carbonyl (C=O) groups excluding carboxylic acids is 1. The Morgan fingerprint density at radius 3 is 2.67 bits per heavy atom. The average Bonchev–Trinajstić information content (AvgIpc) is 2.11. The number of carbonyl (C=O) groups is 1. The van der Waals surface area contributed by atoms with Crippen LogP contribution in [-0.2, 0) is 4.79 Å². The molecule has 0 bridgehead atoms. The molecule has 0 atom stereocenters. The van der Waals surface area contributed by atoms with Crippen LogP contribution in [0, 0.1) is 12.8 Å². The number of hydrogen-bond acceptors (Lipinski definition) is 4. The van der Waals surface area contributed by atoms with Crippen molar-refractivity contribution in [2.75, 3.05) is 18.0 Å². The Balaban J connectivity index is 1.89. The molecule has 1 fully saturated rings. The van der Waals surface area contributed by atoms with Gasteiger partial charge in [0, 0.05) is 30.5 Å². The quantitative estimate of drug-likeness (QED) is 0.852. The standard InChI is InChI=1S/C13H20N4O/c1-9-5-6-14-12(15-9)17-7-10(8-17)11(18)16-13(2,3)4/h5-6,10H,7-8H2,1-4H3,(H,16,18). The van der Waals surface area contributed by atoms with E-state index in [2.05, 4.69) is 15.3 Å². The summed E-state index contributed by atoms with van der Waals surface area (Å²) >= 11 is 0. The summed E-state index contributed by atoms with van der Waals surface area (Å²) in [6.45, 7) is 9.31. The molecule has 2 heterocycles. The Morgan fingerprint density at radius 2 is 2.11 bits per heavy atom. The minimum atomic E-state index is -0.169. The second kappa shape index (κ2) is 4.55. The molecule has 18 heavy (non-hydrogen) atoms. The molecule has 1 aromatic rings. The minimum absolute atomic E-state index is 0.0494. The maximum Gasteiger partial charge on any atom is 0.227 e. The zero-order chi connectivity index (χ0) is 13.3. The van der Waals surface area contributed by atoms with Gasteiger partial charge in [-0.15, -0.1) is 0 Å². The highest BCUT2D eigenvalue weighted by Crippen LogP contribution is 2.21. The molecule has 0 saturated carbocycles. The fourth-order valence-corrected chi connectivity index (χ4v) is 1.87. The molecular weight excluding hydrogens is 228 g/mol. The lowest BCUT2D eigenvalue weighted by molar-refractivity contribution is -0.127. The maximum absolute atomic E-state index is 11.9. The number of nitrogens with one attached hydrogen (secondary N) is 1. The summed E-state index contributed by atoms with van der Waals surface area (Å²) in [5.41, 5.74) is 0.778. The first-order valence-electron chi connectivity index (χ1n) is 6.22. The molecule has 0 spiro atoms. The summed E-state index contributed by atoms with van der Waals surface area (Å²) < 4.78 is 0. The zero-order valence-corrected chi connectivity index (χ0v) is 11.4. The highest BCUT2D eigenvalue weighted by Gasteiger charge is 2.35. The molecule has 0 aliphatic carbocycles. The van der Waals surface area contributed by atoms with Crippen molar-refractivity contribution in [3.05, 3.63) is 18.0 Å². The molecule has 98 valence electrons. The minimum Gasteiger partial charge on any atom is -0.351 e. The molecule has 1 aliphatic heterocycles. The van der Waals surface area contributed by atoms with E-state index in [-0.39, 0.29) is 17.4 Å². The van der Waals surface area contributed by atoms with Gasteiger partial charge in [0.2, 0.25) is 11.9 Å². The molecule has 0 aromatic carbocycles. The van der Waals surface area contributed by atoms with Crippen LogP contribution in [0.4, 0.5) is 5.95 Å². The molecule has 5 nitrogen and oxygen atoms in total. The predicted molar refractivity (Wildman–Crippen MR) is 70.4 cm³/mol. The van der Waals surface area contributed by atoms with Crippen LogP contribution in [-0.4, -0.2) is 34.5 Å². The monoisotopic (exact) mass is 248 g/mol. The van der Waals surface area contributed by atoms with Crippen LogP contribution in [0.2, 0.25) is 0 Å². The van der Waals surface area contributed by atoms with E-state index in [4.69, 9.17) is 0 Å². The van der Waals surface area contributed by atoms with Gasteiger partial charge in [-0.25, -0.2) is 9.97 Å². The van der Waals surface area contributed by atoms with E-state index >= 15 is 0 Å². The van der Waals surface area contributed by atoms with Gasteiger partial charge in [-0.3, -0.25) is 4.79 Å². The Labute approximate surface area is 108 Å². The summed E-state index contributed by atoms with van der Waals surface area (Å²) in [7, 11) is 0. The number of hydrogen-bond donors (Lipinski definition) is 1. The van der Waals surface area contributed by atoms with Crippen molar-refractivity contribution in [1.29, 1.82) is 0 Å². The summed E-state index contributed by atoms with van der Waals surface area (Å²) in [4.78, 5) is 22.5. The molecule has 5 heteroatoms. The smallest absolute Gasteiger partial charge is 0.227 e. The van der Waals surface area contributed by atoms with E-state index < -0.39 is 0 Å². The van der Waals surface area contributed by atoms with Gasteiger partial charge >= 0.3 is 0 Å². The van der Waals surface area contributed by atoms with Crippen molar-refractivity contribution >= 4 is 11.9 Å². The van der Waals surface area contributed by atoms with Crippen LogP contribution >= 0.6 is 0 Å². The lowest BCUT2D eigenvalue weighted by atomic mass is 9.97. The number of anilines is 1. The topological polar surface area (TPSA) is 58.1 Å². The van der Waals surface area contributed by atoms with E-state index in [0.717, 1.165) is 11.6 Å². The Hall–Kier alpha value is -1.65. The van der Waals surface area contributed by atoms with E-state index in [9.17, 15) is 4.79 Å². The van der Waals surface area contributed by atoms with Crippen molar-refractivity contribution in [3.8, 4) is 0 Å². The van der Waals surface area contributed by atoms with Crippen LogP contribution in [0.1, 0.15) is 26.5 Å². The lowest BCUT2D eigenvalue weighted by Crippen LogP contribution is -2.57. The highest BCUT2D eigenvalue weighted by atomic mass is 16.2. The van der Waals surface area contributed by atoms with Crippen LogP contribution in [0.3, 0.4) is 0 Å². The van der Waals surface area contributed by atoms with Crippen LogP contribution in [0.25, 0.3) is 0 Å². The van der Waals surface area contributed by atoms with Crippen LogP contribution < -0.4 is 10.2 Å². The summed E-state index contributed by atoms with van der Waals surface area (Å²) in [6, 6.07) is 1.87. The summed E-state index contributed by atoms with van der Waals surface area (Å²) in [6.07, 6.45) is 1.75. The number of nitrogens with zero attached hydrogens (tertiary/aromatic N) is 3. The first-order chi connectivity index (χ1) is 8.35. The molecule has 2 rings (SSSR count). The normalized spacial score (nSPS) is 16.3. The fraction of sp³-hybridized carbons (Fsp3) is 0.615. The van der Waals surface area contributed by atoms with Gasteiger partial charge in [0.15, 0.2) is 0 Å². The maximum atomic E-state index is 11.9. The van der Waals surface area contributed by atoms with E-state index in [1.54, 1.807) is 6.20 Å². The third kappa shape index (κ3) is 2.97. The largest absolute Gasteiger partial charge is 0.351 e. The number of aromatic nitrogens is 2. The van der Waals surface area contributed by atoms with Gasteiger partial charge in [0.25, 0.3) is 0 Å². The van der Waals surface area contributed by atoms with E-state index in [0.29, 0.717) is 13.1 Å². The molecule has 0 unspecified atom stereocenters. The van der Waals surface area contributed by atoms with Gasteiger partial charge in [0.05, 0.1) is 5.92 Å². The molecule has 1 saturated heterocycles. The van der Waals surface area contributed by atoms with Crippen molar-refractivity contribution in [2.45, 2.75) is 33.2 Å². The van der Waals surface area contributed by atoms with E-state index in [1.165, 1.54) is 0 Å². The van der Waals surface area contributed by atoms with Gasteiger partial charge in [0.1, 0.15) is 0 Å². The van der Waals surface area contributed by atoms with Crippen molar-refractivity contribution in [2.24, 2.45) is 5.92 Å². The lowest BCUT2D eigenvalue weighted by Gasteiger charge is -2.39. The zero-order valence-electron chi connectivity index (χ0n) is 11.4. The molecule has 1 amide bonds. The molecule has 1 aliphatic rings. The highest BCUT2D eigenvalue weighted by molar-refractivity contribution is 5.82. The van der Waals surface area contributed by atoms with Crippen molar-refractivity contribution < 1.29 is 4.79 Å². The fourth-order valence-electron chi connectivity index (χ4n) is 1.87. The third-order valence-electron chi connectivity index (χ3n) is 2.82. The molecular formula is C13H20N4O. The van der Waals surface area contributed by atoms with Gasteiger partial charge in [-0.2, -0.15) is 0 Å². The first-order valence-corrected chi connectivity index (χ1v) is 6.22. The Morgan fingerprint density at radius 1 is 1.44 bits per heavy atom. The van der Waals surface area contributed by atoms with Crippen molar-refractivity contribution in [3.63, 3.8) is 0 Å². The number of aryl methyl sites for hydroxylation is 1. The summed E-state index contributed by atoms with van der Waals surface area (Å²) in [5, 5.41) is 3.00. The number of rotatable bonds is 2. The SMILES string of the molecule is Cc1ccnc(N2CC(C(=O)NC(C)(C)C)C2)n1. The molecule has 1 N–H and O–H groups in total. The summed E-state index contributed by atoms with van der Waals surface area (Å²) in [5.74, 6) is 0.884. The van der Waals surface area contributed by atoms with Gasteiger partial charge in [-0.1, -0.05) is 0 Å². The molecule has 1 aromatic heterocycles. The first kappa shape index (κ1) is 12.8. The van der Waals surface area contributed by atoms with Gasteiger partial charge in [-0.05, 0) is 33.8 Å².